The van der Waals surface area contributed by atoms with Crippen LogP contribution in [0.4, 0.5) is 0 Å². The Kier molecular flexibility index (Phi) is 4.90. The molecule has 1 aliphatic heterocycles. The maximum absolute atomic E-state index is 12.3. The highest BCUT2D eigenvalue weighted by Crippen LogP contribution is 2.13. The molecule has 1 aromatic heterocycles. The van der Waals surface area contributed by atoms with E-state index in [0.29, 0.717) is 18.8 Å². The molecule has 1 atom stereocenters. The van der Waals surface area contributed by atoms with E-state index in [0.717, 1.165) is 13.1 Å². The van der Waals surface area contributed by atoms with Gasteiger partial charge in [0.2, 0.25) is 12.3 Å². The van der Waals surface area contributed by atoms with Crippen LogP contribution < -0.4 is 0 Å². The number of carbonyl (C=O) groups is 1. The van der Waals surface area contributed by atoms with Crippen LogP contribution in [0.3, 0.4) is 0 Å². The number of likely N-dealkylation sites (N-methyl/N-ethyl adjacent to an activating group) is 1. The molecule has 1 amide bonds. The van der Waals surface area contributed by atoms with Crippen LogP contribution in [0.15, 0.2) is 10.9 Å². The van der Waals surface area contributed by atoms with Crippen LogP contribution in [-0.4, -0.2) is 58.6 Å². The molecular weight excluding hydrogens is 244 g/mol. The molecule has 0 aliphatic carbocycles. The molecule has 0 bridgehead atoms. The van der Waals surface area contributed by atoms with Gasteiger partial charge in [0.1, 0.15) is 0 Å². The van der Waals surface area contributed by atoms with E-state index in [1.165, 1.54) is 25.7 Å². The van der Waals surface area contributed by atoms with E-state index < -0.39 is 0 Å². The number of hydrogen-bond donors (Lipinski definition) is 0. The molecule has 106 valence electrons. The lowest BCUT2D eigenvalue weighted by atomic mass is 10.1. The Labute approximate surface area is 113 Å². The minimum Gasteiger partial charge on any atom is -0.344 e. The van der Waals surface area contributed by atoms with Crippen LogP contribution in [0.5, 0.6) is 0 Å². The van der Waals surface area contributed by atoms with Crippen LogP contribution >= 0.6 is 0 Å². The van der Waals surface area contributed by atoms with Crippen LogP contribution in [0.25, 0.3) is 0 Å². The van der Waals surface area contributed by atoms with Crippen molar-refractivity contribution < 1.29 is 9.32 Å². The molecule has 1 unspecified atom stereocenters. The summed E-state index contributed by atoms with van der Waals surface area (Å²) in [6.45, 7) is 4.69. The standard InChI is InChI=1S/C13H22N4O2/c1-11(17-7-4-3-5-8-17)13(18)16(2)9-6-12-14-10-19-15-12/h10-11H,3-9H2,1-2H3. The number of aromatic nitrogens is 2. The number of amides is 1. The average Bonchev–Trinajstić information content (AvgIpc) is 2.97. The number of nitrogens with zero attached hydrogens (tertiary/aromatic N) is 4. The van der Waals surface area contributed by atoms with Crippen molar-refractivity contribution in [3.63, 3.8) is 0 Å². The predicted octanol–water partition coefficient (Wildman–Crippen LogP) is 0.945. The summed E-state index contributed by atoms with van der Waals surface area (Å²) in [4.78, 5) is 20.3. The quantitative estimate of drug-likeness (QED) is 0.794. The van der Waals surface area contributed by atoms with E-state index in [9.17, 15) is 4.79 Å². The summed E-state index contributed by atoms with van der Waals surface area (Å²) in [6, 6.07) is -0.0319. The van der Waals surface area contributed by atoms with Crippen molar-refractivity contribution in [1.29, 1.82) is 0 Å². The van der Waals surface area contributed by atoms with Crippen molar-refractivity contribution in [3.8, 4) is 0 Å². The van der Waals surface area contributed by atoms with Gasteiger partial charge in [-0.2, -0.15) is 4.98 Å². The van der Waals surface area contributed by atoms with Crippen molar-refractivity contribution >= 4 is 5.91 Å². The van der Waals surface area contributed by atoms with Gasteiger partial charge in [0, 0.05) is 20.0 Å². The Balaban J connectivity index is 1.80. The van der Waals surface area contributed by atoms with Gasteiger partial charge >= 0.3 is 0 Å². The first-order valence-electron chi connectivity index (χ1n) is 6.93. The molecule has 6 nitrogen and oxygen atoms in total. The molecule has 1 aromatic rings. The fourth-order valence-electron chi connectivity index (χ4n) is 2.46. The lowest BCUT2D eigenvalue weighted by Gasteiger charge is -2.33. The van der Waals surface area contributed by atoms with Gasteiger partial charge in [-0.15, -0.1) is 0 Å². The van der Waals surface area contributed by atoms with Crippen molar-refractivity contribution in [3.05, 3.63) is 12.2 Å². The zero-order valence-electron chi connectivity index (χ0n) is 11.7. The smallest absolute Gasteiger partial charge is 0.239 e. The van der Waals surface area contributed by atoms with E-state index >= 15 is 0 Å². The van der Waals surface area contributed by atoms with E-state index in [4.69, 9.17) is 0 Å². The lowest BCUT2D eigenvalue weighted by molar-refractivity contribution is -0.135. The summed E-state index contributed by atoms with van der Waals surface area (Å²) >= 11 is 0. The van der Waals surface area contributed by atoms with Crippen LogP contribution in [-0.2, 0) is 11.2 Å². The molecular formula is C13H22N4O2. The molecule has 1 saturated heterocycles. The molecule has 2 rings (SSSR count). The Morgan fingerprint density at radius 2 is 2.21 bits per heavy atom. The second-order valence-corrected chi connectivity index (χ2v) is 5.13. The molecule has 2 heterocycles. The SMILES string of the molecule is CC(C(=O)N(C)CCc1ncon1)N1CCCCC1. The van der Waals surface area contributed by atoms with Gasteiger partial charge in [0.15, 0.2) is 5.82 Å². The molecule has 0 aromatic carbocycles. The van der Waals surface area contributed by atoms with E-state index in [1.54, 1.807) is 4.90 Å². The van der Waals surface area contributed by atoms with Gasteiger partial charge in [-0.1, -0.05) is 11.6 Å². The van der Waals surface area contributed by atoms with Crippen molar-refractivity contribution in [1.82, 2.24) is 19.9 Å². The van der Waals surface area contributed by atoms with Gasteiger partial charge in [0.25, 0.3) is 0 Å². The third-order valence-electron chi connectivity index (χ3n) is 3.75. The minimum atomic E-state index is -0.0319. The highest BCUT2D eigenvalue weighted by molar-refractivity contribution is 5.81. The fourth-order valence-corrected chi connectivity index (χ4v) is 2.46. The fraction of sp³-hybridized carbons (Fsp3) is 0.769. The van der Waals surface area contributed by atoms with Crippen molar-refractivity contribution in [2.75, 3.05) is 26.7 Å². The Hall–Kier alpha value is -1.43. The number of hydrogen-bond acceptors (Lipinski definition) is 5. The van der Waals surface area contributed by atoms with Gasteiger partial charge in [-0.05, 0) is 32.9 Å². The predicted molar refractivity (Wildman–Crippen MR) is 70.5 cm³/mol. The number of piperidine rings is 1. The summed E-state index contributed by atoms with van der Waals surface area (Å²) in [6.07, 6.45) is 5.62. The molecule has 0 spiro atoms. The lowest BCUT2D eigenvalue weighted by Crippen LogP contribution is -2.48. The molecule has 1 aliphatic rings. The maximum Gasteiger partial charge on any atom is 0.239 e. The van der Waals surface area contributed by atoms with Crippen LogP contribution in [0.1, 0.15) is 32.0 Å². The van der Waals surface area contributed by atoms with Crippen LogP contribution in [0.2, 0.25) is 0 Å². The summed E-state index contributed by atoms with van der Waals surface area (Å²) in [5.74, 6) is 0.815. The molecule has 1 fully saturated rings. The second kappa shape index (κ2) is 6.65. The van der Waals surface area contributed by atoms with Gasteiger partial charge < -0.3 is 9.42 Å². The largest absolute Gasteiger partial charge is 0.344 e. The highest BCUT2D eigenvalue weighted by Gasteiger charge is 2.25. The van der Waals surface area contributed by atoms with E-state index in [1.807, 2.05) is 14.0 Å². The normalized spacial score (nSPS) is 18.2. The Morgan fingerprint density at radius 3 is 2.84 bits per heavy atom. The van der Waals surface area contributed by atoms with Gasteiger partial charge in [0.05, 0.1) is 6.04 Å². The van der Waals surface area contributed by atoms with Gasteiger partial charge in [-0.25, -0.2) is 0 Å². The highest BCUT2D eigenvalue weighted by atomic mass is 16.5. The number of likely N-dealkylation sites (tertiary alicyclic amines) is 1. The number of rotatable bonds is 5. The van der Waals surface area contributed by atoms with Crippen LogP contribution in [0, 0.1) is 0 Å². The first kappa shape index (κ1) is 14.0. The second-order valence-electron chi connectivity index (χ2n) is 5.13. The van der Waals surface area contributed by atoms with E-state index in [2.05, 4.69) is 19.6 Å². The first-order valence-corrected chi connectivity index (χ1v) is 6.93. The summed E-state index contributed by atoms with van der Waals surface area (Å²) in [5, 5.41) is 3.75. The zero-order valence-corrected chi connectivity index (χ0v) is 11.7. The summed E-state index contributed by atoms with van der Waals surface area (Å²) in [7, 11) is 1.84. The summed E-state index contributed by atoms with van der Waals surface area (Å²) < 4.78 is 4.68. The number of carbonyl (C=O) groups excluding carboxylic acids is 1. The minimum absolute atomic E-state index is 0.0319. The summed E-state index contributed by atoms with van der Waals surface area (Å²) in [5.41, 5.74) is 0. The molecule has 0 N–H and O–H groups in total. The van der Waals surface area contributed by atoms with E-state index in [-0.39, 0.29) is 11.9 Å². The maximum atomic E-state index is 12.3. The topological polar surface area (TPSA) is 62.5 Å². The Morgan fingerprint density at radius 1 is 1.47 bits per heavy atom. The molecule has 6 heteroatoms. The van der Waals surface area contributed by atoms with Gasteiger partial charge in [-0.3, -0.25) is 9.69 Å². The molecule has 0 radical (unpaired) electrons. The average molecular weight is 266 g/mol. The monoisotopic (exact) mass is 266 g/mol. The molecule has 19 heavy (non-hydrogen) atoms. The van der Waals surface area contributed by atoms with Crippen molar-refractivity contribution in [2.45, 2.75) is 38.6 Å². The van der Waals surface area contributed by atoms with Crippen molar-refractivity contribution in [2.24, 2.45) is 0 Å². The zero-order chi connectivity index (χ0) is 13.7. The Bertz CT molecular complexity index is 387. The third kappa shape index (κ3) is 3.76. The molecule has 0 saturated carbocycles. The third-order valence-corrected chi connectivity index (χ3v) is 3.75. The first-order chi connectivity index (χ1) is 9.18.